The molecule has 55 heavy (non-hydrogen) atoms. The summed E-state index contributed by atoms with van der Waals surface area (Å²) in [5.74, 6) is 2.57. The zero-order chi connectivity index (χ0) is 39.0. The van der Waals surface area contributed by atoms with E-state index in [0.717, 1.165) is 72.4 Å². The van der Waals surface area contributed by atoms with Gasteiger partial charge in [0.15, 0.2) is 22.3 Å². The summed E-state index contributed by atoms with van der Waals surface area (Å²) in [7, 11) is 3.88. The molecule has 0 aromatic carbocycles. The van der Waals surface area contributed by atoms with Gasteiger partial charge in [0.1, 0.15) is 42.1 Å². The molecule has 2 fully saturated rings. The first-order valence-corrected chi connectivity index (χ1v) is 18.8. The standard InChI is InChI=1S/C21H29N7O3.C16H21N7O/c1-7-28-13(2)15(10-24-28)17-25-16-18(26(17)6)22-12-23-19(16)30-14-8-9-27(11-14)20(29)31-21(3,4)5;1-4-23-10(2)12(8-20-23)14-21-13-15(22(14)3)18-9-19-16(13)24-11-5-6-17-7-11/h10,12,14H,7-9,11H2,1-6H3;8-9,11,17H,4-7H2,1-3H3. The Balaban J connectivity index is 0.000000174. The normalized spacial score (nSPS) is 17.2. The number of hydrogen-bond donors (Lipinski definition) is 1. The lowest BCUT2D eigenvalue weighted by molar-refractivity contribution is 0.0275. The van der Waals surface area contributed by atoms with Crippen LogP contribution >= 0.6 is 0 Å². The van der Waals surface area contributed by atoms with Gasteiger partial charge in [0.25, 0.3) is 0 Å². The summed E-state index contributed by atoms with van der Waals surface area (Å²) in [6.07, 6.45) is 8.01. The zero-order valence-corrected chi connectivity index (χ0v) is 33.1. The van der Waals surface area contributed by atoms with E-state index < -0.39 is 5.60 Å². The number of ether oxygens (including phenoxy) is 3. The fourth-order valence-electron chi connectivity index (χ4n) is 6.94. The molecule has 2 unspecified atom stereocenters. The largest absolute Gasteiger partial charge is 0.471 e. The van der Waals surface area contributed by atoms with Gasteiger partial charge in [-0.3, -0.25) is 9.36 Å². The highest BCUT2D eigenvalue weighted by molar-refractivity contribution is 5.82. The highest BCUT2D eigenvalue weighted by Crippen LogP contribution is 2.31. The van der Waals surface area contributed by atoms with Crippen molar-refractivity contribution < 1.29 is 19.0 Å². The van der Waals surface area contributed by atoms with Gasteiger partial charge in [-0.1, -0.05) is 0 Å². The van der Waals surface area contributed by atoms with E-state index in [2.05, 4.69) is 56.2 Å². The van der Waals surface area contributed by atoms with Crippen molar-refractivity contribution in [2.45, 2.75) is 92.2 Å². The van der Waals surface area contributed by atoms with E-state index in [0.29, 0.717) is 48.0 Å². The predicted octanol–water partition coefficient (Wildman–Crippen LogP) is 4.24. The molecule has 0 saturated carbocycles. The zero-order valence-electron chi connectivity index (χ0n) is 33.1. The van der Waals surface area contributed by atoms with Crippen LogP contribution in [0.5, 0.6) is 11.8 Å². The van der Waals surface area contributed by atoms with Crippen LogP contribution in [-0.2, 0) is 31.9 Å². The van der Waals surface area contributed by atoms with Crippen LogP contribution in [0.15, 0.2) is 25.0 Å². The minimum absolute atomic E-state index is 0.137. The van der Waals surface area contributed by atoms with Gasteiger partial charge in [-0.25, -0.2) is 24.7 Å². The van der Waals surface area contributed by atoms with Crippen molar-refractivity contribution in [2.75, 3.05) is 26.2 Å². The third kappa shape index (κ3) is 7.54. The van der Waals surface area contributed by atoms with Gasteiger partial charge in [-0.05, 0) is 61.4 Å². The van der Waals surface area contributed by atoms with Gasteiger partial charge < -0.3 is 33.6 Å². The fraction of sp³-hybridized carbons (Fsp3) is 0.541. The molecule has 2 saturated heterocycles. The molecule has 18 nitrogen and oxygen atoms in total. The van der Waals surface area contributed by atoms with Crippen LogP contribution in [0.2, 0.25) is 0 Å². The third-order valence-corrected chi connectivity index (χ3v) is 9.90. The molecule has 1 amide bonds. The van der Waals surface area contributed by atoms with Crippen molar-refractivity contribution in [1.82, 2.24) is 68.8 Å². The quantitative estimate of drug-likeness (QED) is 0.233. The molecule has 18 heteroatoms. The lowest BCUT2D eigenvalue weighted by atomic mass is 10.2. The van der Waals surface area contributed by atoms with E-state index >= 15 is 0 Å². The first-order chi connectivity index (χ1) is 26.4. The Kier molecular flexibility index (Phi) is 10.4. The van der Waals surface area contributed by atoms with E-state index in [1.807, 2.05) is 72.7 Å². The molecule has 0 radical (unpaired) electrons. The SMILES string of the molecule is CCn1ncc(-c2nc3c(OC4CCN(C(=O)OC(C)(C)C)C4)ncnc3n2C)c1C.CCn1ncc(-c2nc3c(OC4CCNC4)ncnc3n2C)c1C. The van der Waals surface area contributed by atoms with Crippen molar-refractivity contribution in [3.05, 3.63) is 36.4 Å². The molecular formula is C37H50N14O4. The number of imidazole rings is 2. The van der Waals surface area contributed by atoms with Gasteiger partial charge in [0.05, 0.1) is 30.1 Å². The van der Waals surface area contributed by atoms with Crippen LogP contribution in [0.3, 0.4) is 0 Å². The average Bonchev–Trinajstić information content (AvgIpc) is 4.02. The van der Waals surface area contributed by atoms with Gasteiger partial charge in [0.2, 0.25) is 11.8 Å². The Labute approximate surface area is 319 Å². The van der Waals surface area contributed by atoms with Crippen molar-refractivity contribution in [3.63, 3.8) is 0 Å². The minimum atomic E-state index is -0.525. The number of amides is 1. The Morgan fingerprint density at radius 1 is 0.800 bits per heavy atom. The molecule has 2 aliphatic rings. The molecule has 2 aliphatic heterocycles. The smallest absolute Gasteiger partial charge is 0.410 e. The van der Waals surface area contributed by atoms with E-state index in [4.69, 9.17) is 24.2 Å². The van der Waals surface area contributed by atoms with Crippen molar-refractivity contribution in [3.8, 4) is 34.5 Å². The summed E-state index contributed by atoms with van der Waals surface area (Å²) < 4.78 is 25.5. The molecule has 8 rings (SSSR count). The predicted molar refractivity (Wildman–Crippen MR) is 205 cm³/mol. The van der Waals surface area contributed by atoms with Crippen LogP contribution in [0.25, 0.3) is 45.1 Å². The highest BCUT2D eigenvalue weighted by atomic mass is 16.6. The van der Waals surface area contributed by atoms with Crippen LogP contribution in [0.1, 0.15) is 58.8 Å². The average molecular weight is 755 g/mol. The van der Waals surface area contributed by atoms with Crippen molar-refractivity contribution in [1.29, 1.82) is 0 Å². The monoisotopic (exact) mass is 754 g/mol. The highest BCUT2D eigenvalue weighted by Gasteiger charge is 2.32. The van der Waals surface area contributed by atoms with Gasteiger partial charge in [0, 0.05) is 58.1 Å². The number of aryl methyl sites for hydroxylation is 4. The fourth-order valence-corrected chi connectivity index (χ4v) is 6.94. The number of rotatable bonds is 8. The van der Waals surface area contributed by atoms with Crippen LogP contribution < -0.4 is 14.8 Å². The Hall–Kier alpha value is -5.65. The van der Waals surface area contributed by atoms with Crippen LogP contribution in [0, 0.1) is 13.8 Å². The molecule has 292 valence electrons. The number of carbonyl (C=O) groups excluding carboxylic acids is 1. The molecule has 0 spiro atoms. The molecule has 0 aliphatic carbocycles. The maximum Gasteiger partial charge on any atom is 0.410 e. The molecule has 6 aromatic rings. The lowest BCUT2D eigenvalue weighted by Crippen LogP contribution is -2.36. The third-order valence-electron chi connectivity index (χ3n) is 9.90. The number of nitrogens with one attached hydrogen (secondary N) is 1. The molecule has 0 bridgehead atoms. The van der Waals surface area contributed by atoms with Crippen molar-refractivity contribution >= 4 is 28.4 Å². The number of hydrogen-bond acceptors (Lipinski definition) is 13. The number of aromatic nitrogens is 12. The summed E-state index contributed by atoms with van der Waals surface area (Å²) in [5, 5.41) is 12.1. The summed E-state index contributed by atoms with van der Waals surface area (Å²) in [6, 6.07) is 0. The topological polar surface area (TPSA) is 183 Å². The van der Waals surface area contributed by atoms with Gasteiger partial charge in [-0.15, -0.1) is 0 Å². The summed E-state index contributed by atoms with van der Waals surface area (Å²) in [6.45, 7) is 18.2. The van der Waals surface area contributed by atoms with Crippen LogP contribution in [0.4, 0.5) is 4.79 Å². The minimum Gasteiger partial charge on any atom is -0.471 e. The molecule has 1 N–H and O–H groups in total. The summed E-state index contributed by atoms with van der Waals surface area (Å²) in [4.78, 5) is 41.0. The summed E-state index contributed by atoms with van der Waals surface area (Å²) >= 11 is 0. The second-order valence-electron chi connectivity index (χ2n) is 14.8. The van der Waals surface area contributed by atoms with Crippen molar-refractivity contribution in [2.24, 2.45) is 14.1 Å². The van der Waals surface area contributed by atoms with Gasteiger partial charge >= 0.3 is 6.09 Å². The maximum absolute atomic E-state index is 12.3. The molecule has 8 heterocycles. The van der Waals surface area contributed by atoms with E-state index in [-0.39, 0.29) is 18.3 Å². The maximum atomic E-state index is 12.3. The number of carbonyl (C=O) groups is 1. The molecular weight excluding hydrogens is 705 g/mol. The number of nitrogens with zero attached hydrogens (tertiary/aromatic N) is 13. The first kappa shape index (κ1) is 37.7. The second-order valence-corrected chi connectivity index (χ2v) is 14.8. The number of likely N-dealkylation sites (tertiary alicyclic amines) is 1. The number of fused-ring (bicyclic) bond motifs is 2. The summed E-state index contributed by atoms with van der Waals surface area (Å²) in [5.41, 5.74) is 6.31. The Morgan fingerprint density at radius 2 is 1.33 bits per heavy atom. The van der Waals surface area contributed by atoms with Crippen LogP contribution in [-0.4, -0.2) is 114 Å². The Morgan fingerprint density at radius 3 is 1.78 bits per heavy atom. The van der Waals surface area contributed by atoms with E-state index in [9.17, 15) is 4.79 Å². The Bertz CT molecular complexity index is 2310. The second kappa shape index (κ2) is 15.2. The van der Waals surface area contributed by atoms with Gasteiger partial charge in [-0.2, -0.15) is 20.2 Å². The molecule has 6 aromatic heterocycles. The van der Waals surface area contributed by atoms with E-state index in [1.165, 1.54) is 12.7 Å². The lowest BCUT2D eigenvalue weighted by Gasteiger charge is -2.24. The van der Waals surface area contributed by atoms with E-state index in [1.54, 1.807) is 4.90 Å². The molecule has 2 atom stereocenters. The first-order valence-electron chi connectivity index (χ1n) is 18.8.